The first-order valence-electron chi connectivity index (χ1n) is 11.5. The number of sulfonamides is 1. The Balaban J connectivity index is 1.27. The molecule has 5 rings (SSSR count). The topological polar surface area (TPSA) is 105 Å². The summed E-state index contributed by atoms with van der Waals surface area (Å²) in [6, 6.07) is 19.8. The lowest BCUT2D eigenvalue weighted by Crippen LogP contribution is -2.37. The van der Waals surface area contributed by atoms with Crippen LogP contribution in [-0.4, -0.2) is 46.5 Å². The summed E-state index contributed by atoms with van der Waals surface area (Å²) in [6.45, 7) is 1.59. The maximum atomic E-state index is 12.9. The van der Waals surface area contributed by atoms with Crippen LogP contribution in [0.25, 0.3) is 11.0 Å². The van der Waals surface area contributed by atoms with Crippen molar-refractivity contribution in [2.45, 2.75) is 30.2 Å². The molecule has 0 bridgehead atoms. The van der Waals surface area contributed by atoms with E-state index in [1.165, 1.54) is 0 Å². The summed E-state index contributed by atoms with van der Waals surface area (Å²) in [5.41, 5.74) is 5.03. The minimum Gasteiger partial charge on any atom is -0.328 e. The van der Waals surface area contributed by atoms with E-state index in [0.717, 1.165) is 35.0 Å². The van der Waals surface area contributed by atoms with Crippen molar-refractivity contribution in [1.29, 1.82) is 0 Å². The fourth-order valence-corrected chi connectivity index (χ4v) is 6.13. The molecule has 35 heavy (non-hydrogen) atoms. The fourth-order valence-electron chi connectivity index (χ4n) is 4.64. The van der Waals surface area contributed by atoms with Gasteiger partial charge in [0.2, 0.25) is 10.0 Å². The number of nitrogens with zero attached hydrogens (tertiary/aromatic N) is 3. The molecule has 1 aliphatic heterocycles. The van der Waals surface area contributed by atoms with Crippen LogP contribution in [-0.2, 0) is 16.6 Å². The number of fused-ring (bicyclic) bond motifs is 1. The Morgan fingerprint density at radius 3 is 2.43 bits per heavy atom. The molecule has 0 saturated carbocycles. The Hall–Kier alpha value is -3.53. The van der Waals surface area contributed by atoms with Crippen molar-refractivity contribution >= 4 is 27.0 Å². The number of hydroxylamine groups is 1. The average molecular weight is 491 g/mol. The van der Waals surface area contributed by atoms with Gasteiger partial charge in [0.25, 0.3) is 5.91 Å². The van der Waals surface area contributed by atoms with Crippen LogP contribution in [0.4, 0.5) is 0 Å². The molecule has 4 aromatic rings. The SMILES string of the molecule is O=C(NO)c1ccc(Cn2ccc3cc(C4CCN(S(=O)(=O)c5ccccc5)CC4)cnc32)cc1. The number of pyridine rings is 1. The summed E-state index contributed by atoms with van der Waals surface area (Å²) in [4.78, 5) is 16.6. The Kier molecular flexibility index (Phi) is 6.38. The van der Waals surface area contributed by atoms with Crippen molar-refractivity contribution in [3.8, 4) is 0 Å². The molecule has 1 saturated heterocycles. The zero-order valence-corrected chi connectivity index (χ0v) is 19.9. The van der Waals surface area contributed by atoms with Crippen molar-refractivity contribution in [3.05, 3.63) is 95.8 Å². The van der Waals surface area contributed by atoms with Crippen LogP contribution in [0.2, 0.25) is 0 Å². The molecule has 1 fully saturated rings. The summed E-state index contributed by atoms with van der Waals surface area (Å²) in [5, 5.41) is 9.79. The van der Waals surface area contributed by atoms with Crippen LogP contribution in [0.15, 0.2) is 84.0 Å². The van der Waals surface area contributed by atoms with Crippen molar-refractivity contribution in [1.82, 2.24) is 19.3 Å². The molecular weight excluding hydrogens is 464 g/mol. The van der Waals surface area contributed by atoms with Crippen LogP contribution in [0.5, 0.6) is 0 Å². The molecule has 0 radical (unpaired) electrons. The van der Waals surface area contributed by atoms with Crippen molar-refractivity contribution < 1.29 is 18.4 Å². The number of hydrogen-bond donors (Lipinski definition) is 2. The highest BCUT2D eigenvalue weighted by Crippen LogP contribution is 2.32. The van der Waals surface area contributed by atoms with Gasteiger partial charge in [0, 0.05) is 43.0 Å². The minimum atomic E-state index is -3.46. The molecule has 2 aromatic carbocycles. The normalized spacial score (nSPS) is 15.3. The summed E-state index contributed by atoms with van der Waals surface area (Å²) >= 11 is 0. The Morgan fingerprint density at radius 2 is 1.74 bits per heavy atom. The maximum Gasteiger partial charge on any atom is 0.274 e. The second-order valence-corrected chi connectivity index (χ2v) is 10.7. The summed E-state index contributed by atoms with van der Waals surface area (Å²) < 4.78 is 29.4. The molecule has 2 aromatic heterocycles. The zero-order valence-electron chi connectivity index (χ0n) is 19.0. The lowest BCUT2D eigenvalue weighted by Gasteiger charge is -2.31. The maximum absolute atomic E-state index is 12.9. The van der Waals surface area contributed by atoms with Crippen LogP contribution >= 0.6 is 0 Å². The highest BCUT2D eigenvalue weighted by molar-refractivity contribution is 7.89. The number of rotatable bonds is 6. The number of carbonyl (C=O) groups is 1. The van der Waals surface area contributed by atoms with Gasteiger partial charge < -0.3 is 4.57 Å². The second kappa shape index (κ2) is 9.61. The molecule has 180 valence electrons. The third-order valence-corrected chi connectivity index (χ3v) is 8.51. The van der Waals surface area contributed by atoms with E-state index in [0.29, 0.717) is 30.1 Å². The largest absolute Gasteiger partial charge is 0.328 e. The monoisotopic (exact) mass is 490 g/mol. The number of amides is 1. The van der Waals surface area contributed by atoms with Crippen molar-refractivity contribution in [2.75, 3.05) is 13.1 Å². The Morgan fingerprint density at radius 1 is 1.03 bits per heavy atom. The third kappa shape index (κ3) is 4.70. The highest BCUT2D eigenvalue weighted by atomic mass is 32.2. The Labute approximate surface area is 203 Å². The molecule has 1 amide bonds. The zero-order chi connectivity index (χ0) is 24.4. The van der Waals surface area contributed by atoms with Gasteiger partial charge in [0.1, 0.15) is 5.65 Å². The molecule has 3 heterocycles. The summed E-state index contributed by atoms with van der Waals surface area (Å²) in [5.74, 6) is -0.275. The van der Waals surface area contributed by atoms with E-state index in [2.05, 4.69) is 10.6 Å². The van der Waals surface area contributed by atoms with E-state index in [4.69, 9.17) is 10.2 Å². The molecule has 0 aliphatic carbocycles. The van der Waals surface area contributed by atoms with E-state index in [9.17, 15) is 13.2 Å². The molecule has 2 N–H and O–H groups in total. The predicted octanol–water partition coefficient (Wildman–Crippen LogP) is 3.77. The van der Waals surface area contributed by atoms with E-state index in [1.807, 2.05) is 36.7 Å². The van der Waals surface area contributed by atoms with Gasteiger partial charge in [-0.1, -0.05) is 30.3 Å². The summed E-state index contributed by atoms with van der Waals surface area (Å²) in [6.07, 6.45) is 5.41. The molecule has 8 nitrogen and oxygen atoms in total. The Bertz CT molecular complexity index is 1440. The third-order valence-electron chi connectivity index (χ3n) is 6.60. The van der Waals surface area contributed by atoms with Crippen LogP contribution in [0.1, 0.15) is 40.2 Å². The van der Waals surface area contributed by atoms with E-state index >= 15 is 0 Å². The van der Waals surface area contributed by atoms with E-state index in [1.54, 1.807) is 46.2 Å². The van der Waals surface area contributed by atoms with Gasteiger partial charge in [0.15, 0.2) is 0 Å². The molecule has 0 spiro atoms. The predicted molar refractivity (Wildman–Crippen MR) is 132 cm³/mol. The van der Waals surface area contributed by atoms with Gasteiger partial charge in [-0.25, -0.2) is 18.9 Å². The second-order valence-electron chi connectivity index (χ2n) is 8.75. The molecule has 0 unspecified atom stereocenters. The smallest absolute Gasteiger partial charge is 0.274 e. The summed E-state index contributed by atoms with van der Waals surface area (Å²) in [7, 11) is -3.46. The van der Waals surface area contributed by atoms with Gasteiger partial charge in [-0.15, -0.1) is 0 Å². The fraction of sp³-hybridized carbons (Fsp3) is 0.231. The van der Waals surface area contributed by atoms with Crippen molar-refractivity contribution in [3.63, 3.8) is 0 Å². The molecule has 1 aliphatic rings. The standard InChI is InChI=1S/C26H26N4O4S/c31-26(28-32)21-8-6-19(7-9-21)18-29-13-10-22-16-23(17-27-25(22)29)20-11-14-30(15-12-20)35(33,34)24-4-2-1-3-5-24/h1-10,13,16-17,20,32H,11-12,14-15,18H2,(H,28,31). The molecular formula is C26H26N4O4S. The first-order chi connectivity index (χ1) is 17.0. The molecule has 0 atom stereocenters. The van der Waals surface area contributed by atoms with Gasteiger partial charge in [-0.2, -0.15) is 4.31 Å². The van der Waals surface area contributed by atoms with Crippen LogP contribution in [0.3, 0.4) is 0 Å². The van der Waals surface area contributed by atoms with E-state index in [-0.39, 0.29) is 5.92 Å². The number of aromatic nitrogens is 2. The average Bonchev–Trinajstić information content (AvgIpc) is 3.31. The number of piperidine rings is 1. The first kappa shape index (κ1) is 23.2. The van der Waals surface area contributed by atoms with Gasteiger partial charge in [-0.3, -0.25) is 10.0 Å². The number of carbonyl (C=O) groups excluding carboxylic acids is 1. The highest BCUT2D eigenvalue weighted by Gasteiger charge is 2.30. The van der Waals surface area contributed by atoms with E-state index < -0.39 is 15.9 Å². The first-order valence-corrected chi connectivity index (χ1v) is 12.9. The molecule has 9 heteroatoms. The number of hydrogen-bond acceptors (Lipinski definition) is 5. The van der Waals surface area contributed by atoms with Gasteiger partial charge in [-0.05, 0) is 66.3 Å². The van der Waals surface area contributed by atoms with Crippen LogP contribution < -0.4 is 5.48 Å². The van der Waals surface area contributed by atoms with Crippen molar-refractivity contribution in [2.24, 2.45) is 0 Å². The van der Waals surface area contributed by atoms with Crippen LogP contribution in [0, 0.1) is 0 Å². The van der Waals surface area contributed by atoms with Gasteiger partial charge in [0.05, 0.1) is 4.90 Å². The lowest BCUT2D eigenvalue weighted by atomic mass is 9.91. The lowest BCUT2D eigenvalue weighted by molar-refractivity contribution is 0.0706. The number of benzene rings is 2. The quantitative estimate of drug-likeness (QED) is 0.316. The van der Waals surface area contributed by atoms with Gasteiger partial charge >= 0.3 is 0 Å². The number of nitrogens with one attached hydrogen (secondary N) is 1. The minimum absolute atomic E-state index is 0.266.